The zero-order valence-corrected chi connectivity index (χ0v) is 10.6. The van der Waals surface area contributed by atoms with Crippen LogP contribution in [0.1, 0.15) is 32.3 Å². The van der Waals surface area contributed by atoms with Gasteiger partial charge in [-0.2, -0.15) is 0 Å². The van der Waals surface area contributed by atoms with Crippen LogP contribution in [0.5, 0.6) is 0 Å². The molecule has 1 rings (SSSR count). The summed E-state index contributed by atoms with van der Waals surface area (Å²) in [6.07, 6.45) is 3.10. The highest BCUT2D eigenvalue weighted by molar-refractivity contribution is 5.83. The zero-order chi connectivity index (χ0) is 12.7. The van der Waals surface area contributed by atoms with Gasteiger partial charge in [-0.1, -0.05) is 43.3 Å². The lowest BCUT2D eigenvalue weighted by Crippen LogP contribution is -2.36. The first-order valence-electron chi connectivity index (χ1n) is 6.05. The Morgan fingerprint density at radius 1 is 1.35 bits per heavy atom. The van der Waals surface area contributed by atoms with E-state index in [1.54, 1.807) is 6.08 Å². The normalized spacial score (nSPS) is 13.8. The van der Waals surface area contributed by atoms with Gasteiger partial charge >= 0.3 is 5.97 Å². The Hall–Kier alpha value is -1.57. The molecular weight excluding hydrogens is 212 g/mol. The van der Waals surface area contributed by atoms with Gasteiger partial charge in [0.15, 0.2) is 0 Å². The topological polar surface area (TPSA) is 26.3 Å². The maximum absolute atomic E-state index is 12.2. The minimum atomic E-state index is -0.584. The second-order valence-electron chi connectivity index (χ2n) is 4.01. The number of ether oxygens (including phenoxy) is 1. The maximum Gasteiger partial charge on any atom is 0.316 e. The third-order valence-electron chi connectivity index (χ3n) is 3.09. The highest BCUT2D eigenvalue weighted by Crippen LogP contribution is 2.33. The third kappa shape index (κ3) is 2.76. The quantitative estimate of drug-likeness (QED) is 0.554. The smallest absolute Gasteiger partial charge is 0.316 e. The Labute approximate surface area is 103 Å². The molecule has 0 aliphatic heterocycles. The van der Waals surface area contributed by atoms with E-state index in [2.05, 4.69) is 6.58 Å². The molecular formula is C15H20O2. The van der Waals surface area contributed by atoms with Crippen molar-refractivity contribution in [3.8, 4) is 0 Å². The number of hydrogen-bond acceptors (Lipinski definition) is 2. The van der Waals surface area contributed by atoms with Gasteiger partial charge in [0, 0.05) is 0 Å². The minimum absolute atomic E-state index is 0.159. The molecule has 0 aromatic heterocycles. The molecule has 0 fully saturated rings. The second-order valence-corrected chi connectivity index (χ2v) is 4.01. The van der Waals surface area contributed by atoms with Crippen molar-refractivity contribution >= 4 is 5.97 Å². The minimum Gasteiger partial charge on any atom is -0.465 e. The van der Waals surface area contributed by atoms with Crippen molar-refractivity contribution in [3.05, 3.63) is 48.6 Å². The van der Waals surface area contributed by atoms with Crippen molar-refractivity contribution < 1.29 is 9.53 Å². The zero-order valence-electron chi connectivity index (χ0n) is 10.6. The fraction of sp³-hybridized carbons (Fsp3) is 0.400. The van der Waals surface area contributed by atoms with Crippen LogP contribution in [0.25, 0.3) is 0 Å². The van der Waals surface area contributed by atoms with Crippen LogP contribution in [-0.2, 0) is 14.9 Å². The van der Waals surface area contributed by atoms with Crippen molar-refractivity contribution in [1.82, 2.24) is 0 Å². The maximum atomic E-state index is 12.2. The molecule has 1 aromatic carbocycles. The van der Waals surface area contributed by atoms with Gasteiger partial charge in [-0.05, 0) is 25.3 Å². The van der Waals surface area contributed by atoms with E-state index in [0.717, 1.165) is 5.56 Å². The largest absolute Gasteiger partial charge is 0.465 e. The second kappa shape index (κ2) is 6.24. The first-order valence-corrected chi connectivity index (χ1v) is 6.05. The molecule has 2 heteroatoms. The van der Waals surface area contributed by atoms with Crippen LogP contribution < -0.4 is 0 Å². The third-order valence-corrected chi connectivity index (χ3v) is 3.09. The highest BCUT2D eigenvalue weighted by atomic mass is 16.5. The molecule has 2 nitrogen and oxygen atoms in total. The molecule has 17 heavy (non-hydrogen) atoms. The summed E-state index contributed by atoms with van der Waals surface area (Å²) in [5.74, 6) is -0.159. The van der Waals surface area contributed by atoms with Crippen molar-refractivity contribution in [1.29, 1.82) is 0 Å². The number of carbonyl (C=O) groups is 1. The van der Waals surface area contributed by atoms with Crippen LogP contribution in [-0.4, -0.2) is 12.6 Å². The molecule has 1 atom stereocenters. The Kier molecular flexibility index (Phi) is 4.95. The van der Waals surface area contributed by atoms with E-state index in [1.807, 2.05) is 44.2 Å². The lowest BCUT2D eigenvalue weighted by molar-refractivity contribution is -0.150. The number of allylic oxidation sites excluding steroid dienone is 1. The Balaban J connectivity index is 3.17. The number of hydrogen-bond donors (Lipinski definition) is 0. The molecule has 92 valence electrons. The fourth-order valence-corrected chi connectivity index (χ4v) is 2.08. The summed E-state index contributed by atoms with van der Waals surface area (Å²) < 4.78 is 5.22. The number of carbonyl (C=O) groups excluding carboxylic acids is 1. The number of esters is 1. The van der Waals surface area contributed by atoms with Crippen molar-refractivity contribution in [3.63, 3.8) is 0 Å². The van der Waals surface area contributed by atoms with E-state index in [1.165, 1.54) is 0 Å². The number of benzene rings is 1. The van der Waals surface area contributed by atoms with Gasteiger partial charge in [0.2, 0.25) is 0 Å². The summed E-state index contributed by atoms with van der Waals surface area (Å²) in [4.78, 5) is 12.2. The first-order chi connectivity index (χ1) is 8.21. The average molecular weight is 232 g/mol. The Bertz CT molecular complexity index is 370. The summed E-state index contributed by atoms with van der Waals surface area (Å²) >= 11 is 0. The predicted molar refractivity (Wildman–Crippen MR) is 69.9 cm³/mol. The molecule has 0 spiro atoms. The molecule has 0 bridgehead atoms. The number of rotatable bonds is 6. The lowest BCUT2D eigenvalue weighted by Gasteiger charge is -2.29. The predicted octanol–water partition coefficient (Wildman–Crippen LogP) is 3.47. The lowest BCUT2D eigenvalue weighted by atomic mass is 9.75. The molecule has 1 unspecified atom stereocenters. The van der Waals surface area contributed by atoms with Crippen LogP contribution in [0.15, 0.2) is 43.0 Å². The fourth-order valence-electron chi connectivity index (χ4n) is 2.08. The van der Waals surface area contributed by atoms with E-state index in [9.17, 15) is 4.79 Å². The summed E-state index contributed by atoms with van der Waals surface area (Å²) in [6, 6.07) is 9.79. The van der Waals surface area contributed by atoms with Gasteiger partial charge in [-0.3, -0.25) is 4.79 Å². The van der Waals surface area contributed by atoms with Gasteiger partial charge in [0.1, 0.15) is 0 Å². The van der Waals surface area contributed by atoms with Crippen LogP contribution in [0.4, 0.5) is 0 Å². The summed E-state index contributed by atoms with van der Waals surface area (Å²) in [5.41, 5.74) is 0.416. The monoisotopic (exact) mass is 232 g/mol. The molecule has 0 aliphatic rings. The molecule has 0 heterocycles. The summed E-state index contributed by atoms with van der Waals surface area (Å²) in [6.45, 7) is 8.00. The molecule has 0 saturated heterocycles. The van der Waals surface area contributed by atoms with Gasteiger partial charge in [0.05, 0.1) is 12.0 Å². The van der Waals surface area contributed by atoms with Gasteiger partial charge < -0.3 is 4.74 Å². The molecule has 1 aromatic rings. The SMILES string of the molecule is C=CCC(CC)(C(=O)OCC)c1ccccc1. The van der Waals surface area contributed by atoms with Gasteiger partial charge in [-0.25, -0.2) is 0 Å². The Morgan fingerprint density at radius 2 is 2.00 bits per heavy atom. The molecule has 0 radical (unpaired) electrons. The van der Waals surface area contributed by atoms with Crippen molar-refractivity contribution in [2.45, 2.75) is 32.1 Å². The molecule has 0 aliphatic carbocycles. The van der Waals surface area contributed by atoms with Crippen LogP contribution in [0.2, 0.25) is 0 Å². The van der Waals surface area contributed by atoms with Crippen LogP contribution in [0.3, 0.4) is 0 Å². The molecule has 0 amide bonds. The van der Waals surface area contributed by atoms with Crippen LogP contribution >= 0.6 is 0 Å². The van der Waals surface area contributed by atoms with Gasteiger partial charge in [0.25, 0.3) is 0 Å². The molecule has 0 saturated carbocycles. The summed E-state index contributed by atoms with van der Waals surface area (Å²) in [5, 5.41) is 0. The Morgan fingerprint density at radius 3 is 2.47 bits per heavy atom. The van der Waals surface area contributed by atoms with E-state index in [-0.39, 0.29) is 5.97 Å². The highest BCUT2D eigenvalue weighted by Gasteiger charge is 2.38. The first kappa shape index (κ1) is 13.5. The van der Waals surface area contributed by atoms with Crippen LogP contribution in [0, 0.1) is 0 Å². The summed E-state index contributed by atoms with van der Waals surface area (Å²) in [7, 11) is 0. The van der Waals surface area contributed by atoms with Gasteiger partial charge in [-0.15, -0.1) is 6.58 Å². The molecule has 0 N–H and O–H groups in total. The van der Waals surface area contributed by atoms with Crippen molar-refractivity contribution in [2.24, 2.45) is 0 Å². The van der Waals surface area contributed by atoms with Crippen molar-refractivity contribution in [2.75, 3.05) is 6.61 Å². The van der Waals surface area contributed by atoms with E-state index >= 15 is 0 Å². The average Bonchev–Trinajstić information content (AvgIpc) is 2.37. The standard InChI is InChI=1S/C15H20O2/c1-4-12-15(5-2,14(16)17-6-3)13-10-8-7-9-11-13/h4,7-11H,1,5-6,12H2,2-3H3. The van der Waals surface area contributed by atoms with E-state index in [4.69, 9.17) is 4.74 Å². The van der Waals surface area contributed by atoms with E-state index < -0.39 is 5.41 Å². The van der Waals surface area contributed by atoms with E-state index in [0.29, 0.717) is 19.4 Å².